The van der Waals surface area contributed by atoms with E-state index in [1.54, 1.807) is 0 Å². The van der Waals surface area contributed by atoms with Crippen molar-refractivity contribution in [3.8, 4) is 0 Å². The fourth-order valence-corrected chi connectivity index (χ4v) is 1.10. The van der Waals surface area contributed by atoms with E-state index in [0.717, 1.165) is 17.8 Å². The third kappa shape index (κ3) is 3.46. The summed E-state index contributed by atoms with van der Waals surface area (Å²) < 4.78 is 0. The molecular formula is C8H14Cl2N2. The lowest BCUT2D eigenvalue weighted by Gasteiger charge is -1.89. The predicted octanol–water partition coefficient (Wildman–Crippen LogP) is 2.91. The third-order valence-electron chi connectivity index (χ3n) is 1.61. The second-order valence-corrected chi connectivity index (χ2v) is 2.89. The summed E-state index contributed by atoms with van der Waals surface area (Å²) in [5, 5.41) is 7.00. The van der Waals surface area contributed by atoms with Gasteiger partial charge in [-0.15, -0.1) is 24.0 Å². The second kappa shape index (κ2) is 6.32. The molecule has 2 nitrogen and oxygen atoms in total. The van der Waals surface area contributed by atoms with E-state index < -0.39 is 0 Å². The quantitative estimate of drug-likeness (QED) is 0.759. The molecule has 0 aromatic carbocycles. The van der Waals surface area contributed by atoms with Crippen molar-refractivity contribution in [1.82, 2.24) is 10.2 Å². The molecule has 0 aliphatic carbocycles. The van der Waals surface area contributed by atoms with Crippen molar-refractivity contribution in [3.63, 3.8) is 0 Å². The van der Waals surface area contributed by atoms with Crippen LogP contribution in [0.15, 0.2) is 6.07 Å². The molecule has 0 fully saturated rings. The Morgan fingerprint density at radius 1 is 1.58 bits per heavy atom. The summed E-state index contributed by atoms with van der Waals surface area (Å²) in [7, 11) is 0. The van der Waals surface area contributed by atoms with E-state index in [9.17, 15) is 0 Å². The van der Waals surface area contributed by atoms with E-state index in [0.29, 0.717) is 5.88 Å². The third-order valence-corrected chi connectivity index (χ3v) is 1.90. The number of unbranched alkanes of at least 4 members (excludes halogenated alkanes) is 1. The Bertz CT molecular complexity index is 211. The van der Waals surface area contributed by atoms with E-state index in [1.807, 2.05) is 6.07 Å². The van der Waals surface area contributed by atoms with Crippen LogP contribution in [0.3, 0.4) is 0 Å². The molecule has 1 rings (SSSR count). The summed E-state index contributed by atoms with van der Waals surface area (Å²) in [6, 6.07) is 2.03. The van der Waals surface area contributed by atoms with E-state index in [1.165, 1.54) is 12.8 Å². The summed E-state index contributed by atoms with van der Waals surface area (Å²) in [5.74, 6) is 0.527. The maximum atomic E-state index is 5.60. The second-order valence-electron chi connectivity index (χ2n) is 2.62. The Labute approximate surface area is 84.1 Å². The van der Waals surface area contributed by atoms with Crippen molar-refractivity contribution < 1.29 is 0 Å². The summed E-state index contributed by atoms with van der Waals surface area (Å²) >= 11 is 5.60. The molecule has 12 heavy (non-hydrogen) atoms. The average Bonchev–Trinajstić information content (AvgIpc) is 2.48. The first-order chi connectivity index (χ1) is 5.36. The molecule has 0 saturated carbocycles. The lowest BCUT2D eigenvalue weighted by molar-refractivity contribution is 0.771. The van der Waals surface area contributed by atoms with E-state index >= 15 is 0 Å². The van der Waals surface area contributed by atoms with Gasteiger partial charge in [-0.05, 0) is 18.9 Å². The number of hydrogen-bond donors (Lipinski definition) is 1. The Balaban J connectivity index is 0.00000121. The molecule has 0 amide bonds. The highest BCUT2D eigenvalue weighted by Gasteiger charge is 1.97. The molecule has 0 aliphatic rings. The Morgan fingerprint density at radius 3 is 2.83 bits per heavy atom. The van der Waals surface area contributed by atoms with Crippen LogP contribution in [0.5, 0.6) is 0 Å². The SMILES string of the molecule is CCCCc1cc(CCl)[nH]n1.Cl. The molecule has 70 valence electrons. The van der Waals surface area contributed by atoms with Crippen molar-refractivity contribution >= 4 is 24.0 Å². The van der Waals surface area contributed by atoms with E-state index in [4.69, 9.17) is 11.6 Å². The zero-order valence-electron chi connectivity index (χ0n) is 7.14. The normalized spacial score (nSPS) is 9.50. The van der Waals surface area contributed by atoms with Crippen molar-refractivity contribution in [2.24, 2.45) is 0 Å². The molecule has 0 aliphatic heterocycles. The van der Waals surface area contributed by atoms with Crippen LogP contribution in [0.25, 0.3) is 0 Å². The molecule has 4 heteroatoms. The molecule has 0 unspecified atom stereocenters. The molecule has 0 radical (unpaired) electrons. The van der Waals surface area contributed by atoms with Gasteiger partial charge in [0.1, 0.15) is 0 Å². The van der Waals surface area contributed by atoms with Crippen LogP contribution in [0.2, 0.25) is 0 Å². The number of halogens is 2. The van der Waals surface area contributed by atoms with Gasteiger partial charge in [-0.3, -0.25) is 5.10 Å². The number of H-pyrrole nitrogens is 1. The topological polar surface area (TPSA) is 28.7 Å². The molecule has 1 heterocycles. The van der Waals surface area contributed by atoms with Crippen LogP contribution >= 0.6 is 24.0 Å². The number of aryl methyl sites for hydroxylation is 1. The van der Waals surface area contributed by atoms with Gasteiger partial charge in [-0.25, -0.2) is 0 Å². The van der Waals surface area contributed by atoms with Crippen molar-refractivity contribution in [3.05, 3.63) is 17.5 Å². The molecule has 0 atom stereocenters. The molecule has 0 saturated heterocycles. The van der Waals surface area contributed by atoms with Crippen molar-refractivity contribution in [1.29, 1.82) is 0 Å². The fourth-order valence-electron chi connectivity index (χ4n) is 0.964. The lowest BCUT2D eigenvalue weighted by Crippen LogP contribution is -1.83. The van der Waals surface area contributed by atoms with Crippen molar-refractivity contribution in [2.45, 2.75) is 32.1 Å². The highest BCUT2D eigenvalue weighted by Crippen LogP contribution is 2.05. The molecule has 0 bridgehead atoms. The fraction of sp³-hybridized carbons (Fsp3) is 0.625. The molecule has 0 spiro atoms. The van der Waals surface area contributed by atoms with Crippen LogP contribution in [-0.2, 0) is 12.3 Å². The smallest absolute Gasteiger partial charge is 0.0641 e. The van der Waals surface area contributed by atoms with Gasteiger partial charge < -0.3 is 0 Å². The van der Waals surface area contributed by atoms with Gasteiger partial charge in [-0.1, -0.05) is 13.3 Å². The zero-order valence-corrected chi connectivity index (χ0v) is 8.71. The largest absolute Gasteiger partial charge is 0.281 e. The predicted molar refractivity (Wildman–Crippen MR) is 54.0 cm³/mol. The van der Waals surface area contributed by atoms with E-state index in [2.05, 4.69) is 17.1 Å². The molecule has 1 aromatic heterocycles. The Kier molecular flexibility index (Phi) is 6.21. The van der Waals surface area contributed by atoms with Crippen LogP contribution in [0.1, 0.15) is 31.2 Å². The highest BCUT2D eigenvalue weighted by molar-refractivity contribution is 6.16. The maximum Gasteiger partial charge on any atom is 0.0641 e. The summed E-state index contributed by atoms with van der Waals surface area (Å²) in [6.45, 7) is 2.18. The molecular weight excluding hydrogens is 195 g/mol. The first-order valence-corrected chi connectivity index (χ1v) is 4.49. The number of nitrogens with zero attached hydrogens (tertiary/aromatic N) is 1. The minimum Gasteiger partial charge on any atom is -0.281 e. The Hall–Kier alpha value is -0.210. The van der Waals surface area contributed by atoms with Crippen LogP contribution in [0, 0.1) is 0 Å². The Morgan fingerprint density at radius 2 is 2.33 bits per heavy atom. The minimum atomic E-state index is 0. The van der Waals surface area contributed by atoms with Gasteiger partial charge in [-0.2, -0.15) is 5.10 Å². The first kappa shape index (κ1) is 11.8. The maximum absolute atomic E-state index is 5.60. The van der Waals surface area contributed by atoms with Crippen LogP contribution < -0.4 is 0 Å². The highest BCUT2D eigenvalue weighted by atomic mass is 35.5. The lowest BCUT2D eigenvalue weighted by atomic mass is 10.2. The van der Waals surface area contributed by atoms with Gasteiger partial charge in [0, 0.05) is 0 Å². The molecule has 1 aromatic rings. The minimum absolute atomic E-state index is 0. The summed E-state index contributed by atoms with van der Waals surface area (Å²) in [5.41, 5.74) is 2.14. The number of nitrogens with one attached hydrogen (secondary N) is 1. The average molecular weight is 209 g/mol. The monoisotopic (exact) mass is 208 g/mol. The number of hydrogen-bond acceptors (Lipinski definition) is 1. The number of aromatic amines is 1. The van der Waals surface area contributed by atoms with Crippen LogP contribution in [0.4, 0.5) is 0 Å². The summed E-state index contributed by atoms with van der Waals surface area (Å²) in [6.07, 6.45) is 3.47. The van der Waals surface area contributed by atoms with E-state index in [-0.39, 0.29) is 12.4 Å². The molecule has 1 N–H and O–H groups in total. The van der Waals surface area contributed by atoms with Gasteiger partial charge >= 0.3 is 0 Å². The number of alkyl halides is 1. The first-order valence-electron chi connectivity index (χ1n) is 3.96. The zero-order chi connectivity index (χ0) is 8.10. The van der Waals surface area contributed by atoms with Gasteiger partial charge in [0.05, 0.1) is 17.3 Å². The van der Waals surface area contributed by atoms with Gasteiger partial charge in [0.15, 0.2) is 0 Å². The number of aromatic nitrogens is 2. The number of rotatable bonds is 4. The standard InChI is InChI=1S/C8H13ClN2.ClH/c1-2-3-4-7-5-8(6-9)11-10-7;/h5H,2-4,6H2,1H3,(H,10,11);1H. The van der Waals surface area contributed by atoms with Gasteiger partial charge in [0.2, 0.25) is 0 Å². The summed E-state index contributed by atoms with van der Waals surface area (Å²) in [4.78, 5) is 0. The van der Waals surface area contributed by atoms with Gasteiger partial charge in [0.25, 0.3) is 0 Å². The van der Waals surface area contributed by atoms with Crippen LogP contribution in [-0.4, -0.2) is 10.2 Å². The van der Waals surface area contributed by atoms with Crippen molar-refractivity contribution in [2.75, 3.05) is 0 Å².